The molecule has 134 valence electrons. The second-order valence-corrected chi connectivity index (χ2v) is 7.19. The number of carbonyl (C=O) groups excluding carboxylic acids is 4. The molecule has 0 bridgehead atoms. The Balaban J connectivity index is 1.58. The van der Waals surface area contributed by atoms with Gasteiger partial charge in [-0.3, -0.25) is 19.3 Å². The maximum absolute atomic E-state index is 12.4. The molecule has 25 heavy (non-hydrogen) atoms. The second kappa shape index (κ2) is 7.35. The van der Waals surface area contributed by atoms with Crippen LogP contribution in [0.3, 0.4) is 0 Å². The topological polar surface area (TPSA) is 92.8 Å². The van der Waals surface area contributed by atoms with Gasteiger partial charge >= 0.3 is 5.97 Å². The van der Waals surface area contributed by atoms with Gasteiger partial charge in [0.2, 0.25) is 17.7 Å². The molecule has 2 atom stereocenters. The third-order valence-electron chi connectivity index (χ3n) is 4.80. The van der Waals surface area contributed by atoms with Crippen LogP contribution in [0.15, 0.2) is 11.4 Å². The van der Waals surface area contributed by atoms with Gasteiger partial charge in [0.1, 0.15) is 4.88 Å². The summed E-state index contributed by atoms with van der Waals surface area (Å²) in [6, 6.07) is 1.62. The first kappa shape index (κ1) is 17.6. The molecule has 8 heteroatoms. The van der Waals surface area contributed by atoms with Gasteiger partial charge in [0.05, 0.1) is 24.6 Å². The summed E-state index contributed by atoms with van der Waals surface area (Å²) in [7, 11) is 1.28. The van der Waals surface area contributed by atoms with Crippen molar-refractivity contribution in [2.24, 2.45) is 11.8 Å². The van der Waals surface area contributed by atoms with E-state index in [0.717, 1.165) is 25.7 Å². The quantitative estimate of drug-likeness (QED) is 0.637. The molecule has 7 nitrogen and oxygen atoms in total. The van der Waals surface area contributed by atoms with Gasteiger partial charge in [0, 0.05) is 13.0 Å². The Morgan fingerprint density at radius 3 is 2.48 bits per heavy atom. The number of ether oxygens (including phenoxy) is 1. The van der Waals surface area contributed by atoms with Gasteiger partial charge in [-0.05, 0) is 24.3 Å². The average molecular weight is 364 g/mol. The van der Waals surface area contributed by atoms with Crippen LogP contribution in [0.5, 0.6) is 0 Å². The molecule has 1 aromatic rings. The van der Waals surface area contributed by atoms with E-state index in [1.54, 1.807) is 11.4 Å². The molecule has 1 saturated heterocycles. The Labute approximate surface area is 149 Å². The number of fused-ring (bicyclic) bond motifs is 1. The van der Waals surface area contributed by atoms with E-state index in [2.05, 4.69) is 10.1 Å². The molecule has 0 aromatic carbocycles. The Kier molecular flexibility index (Phi) is 5.17. The number of nitrogens with zero attached hydrogens (tertiary/aromatic N) is 1. The lowest BCUT2D eigenvalue weighted by atomic mass is 9.81. The number of carbonyl (C=O) groups is 4. The number of hydrogen-bond acceptors (Lipinski definition) is 6. The fourth-order valence-electron chi connectivity index (χ4n) is 3.54. The van der Waals surface area contributed by atoms with Crippen molar-refractivity contribution in [2.75, 3.05) is 19.0 Å². The SMILES string of the molecule is COC(=O)c1sccc1NC(=O)CCN1C(=O)C2CCCCC2C1=O. The summed E-state index contributed by atoms with van der Waals surface area (Å²) in [6.45, 7) is 0.0776. The number of esters is 1. The monoisotopic (exact) mass is 364 g/mol. The smallest absolute Gasteiger partial charge is 0.350 e. The standard InChI is InChI=1S/C17H20N2O5S/c1-24-17(23)14-12(7-9-25-14)18-13(20)6-8-19-15(21)10-4-2-3-5-11(10)16(19)22/h7,9-11H,2-6,8H2,1H3,(H,18,20). The number of nitrogens with one attached hydrogen (secondary N) is 1. The summed E-state index contributed by atoms with van der Waals surface area (Å²) in [4.78, 5) is 50.1. The van der Waals surface area contributed by atoms with Crippen LogP contribution in [0.1, 0.15) is 41.8 Å². The fourth-order valence-corrected chi connectivity index (χ4v) is 4.30. The first-order chi connectivity index (χ1) is 12.0. The molecule has 2 aliphatic rings. The van der Waals surface area contributed by atoms with Gasteiger partial charge in [0.15, 0.2) is 0 Å². The van der Waals surface area contributed by atoms with E-state index in [1.165, 1.54) is 23.3 Å². The molecule has 3 rings (SSSR count). The van der Waals surface area contributed by atoms with Crippen molar-refractivity contribution >= 4 is 40.7 Å². The van der Waals surface area contributed by atoms with Crippen molar-refractivity contribution in [2.45, 2.75) is 32.1 Å². The fraction of sp³-hybridized carbons (Fsp3) is 0.529. The highest BCUT2D eigenvalue weighted by Crippen LogP contribution is 2.38. The maximum atomic E-state index is 12.4. The molecular formula is C17H20N2O5S. The summed E-state index contributed by atoms with van der Waals surface area (Å²) in [5, 5.41) is 4.32. The summed E-state index contributed by atoms with van der Waals surface area (Å²) >= 11 is 1.17. The molecule has 2 fully saturated rings. The molecule has 0 radical (unpaired) electrons. The average Bonchev–Trinajstić information content (AvgIpc) is 3.17. The number of likely N-dealkylation sites (tertiary alicyclic amines) is 1. The lowest BCUT2D eigenvalue weighted by Crippen LogP contribution is -2.34. The number of thiophene rings is 1. The molecule has 1 aliphatic heterocycles. The van der Waals surface area contributed by atoms with Crippen LogP contribution in [0.4, 0.5) is 5.69 Å². The Morgan fingerprint density at radius 1 is 1.24 bits per heavy atom. The lowest BCUT2D eigenvalue weighted by Gasteiger charge is -2.19. The molecule has 3 amide bonds. The Morgan fingerprint density at radius 2 is 1.88 bits per heavy atom. The first-order valence-corrected chi connectivity index (χ1v) is 9.21. The van der Waals surface area contributed by atoms with Gasteiger partial charge in [-0.2, -0.15) is 0 Å². The highest BCUT2D eigenvalue weighted by molar-refractivity contribution is 7.12. The Hall–Kier alpha value is -2.22. The van der Waals surface area contributed by atoms with Gasteiger partial charge in [0.25, 0.3) is 0 Å². The normalized spacial score (nSPS) is 22.7. The number of methoxy groups -OCH3 is 1. The number of amides is 3. The molecule has 2 unspecified atom stereocenters. The zero-order valence-electron chi connectivity index (χ0n) is 13.9. The second-order valence-electron chi connectivity index (χ2n) is 6.28. The molecule has 0 spiro atoms. The molecule has 2 heterocycles. The zero-order valence-corrected chi connectivity index (χ0v) is 14.8. The maximum Gasteiger partial charge on any atom is 0.350 e. The summed E-state index contributed by atoms with van der Waals surface area (Å²) in [6.07, 6.45) is 3.48. The van der Waals surface area contributed by atoms with E-state index in [9.17, 15) is 19.2 Å². The van der Waals surface area contributed by atoms with Crippen molar-refractivity contribution < 1.29 is 23.9 Å². The van der Waals surface area contributed by atoms with E-state index in [1.807, 2.05) is 0 Å². The number of hydrogen-bond donors (Lipinski definition) is 1. The molecular weight excluding hydrogens is 344 g/mol. The van der Waals surface area contributed by atoms with E-state index in [-0.39, 0.29) is 42.5 Å². The Bertz CT molecular complexity index is 690. The van der Waals surface area contributed by atoms with Crippen molar-refractivity contribution in [3.8, 4) is 0 Å². The van der Waals surface area contributed by atoms with Crippen molar-refractivity contribution in [1.82, 2.24) is 4.90 Å². The molecule has 1 N–H and O–H groups in total. The molecule has 1 aromatic heterocycles. The summed E-state index contributed by atoms with van der Waals surface area (Å²) < 4.78 is 4.66. The van der Waals surface area contributed by atoms with Crippen molar-refractivity contribution in [3.63, 3.8) is 0 Å². The van der Waals surface area contributed by atoms with Crippen LogP contribution in [-0.2, 0) is 19.1 Å². The minimum absolute atomic E-state index is 0.00732. The predicted molar refractivity (Wildman–Crippen MR) is 91.1 cm³/mol. The predicted octanol–water partition coefficient (Wildman–Crippen LogP) is 2.04. The van der Waals surface area contributed by atoms with Crippen LogP contribution in [0.25, 0.3) is 0 Å². The number of anilines is 1. The minimum Gasteiger partial charge on any atom is -0.465 e. The third kappa shape index (κ3) is 3.44. The van der Waals surface area contributed by atoms with Gasteiger partial charge in [-0.15, -0.1) is 11.3 Å². The van der Waals surface area contributed by atoms with Gasteiger partial charge in [-0.25, -0.2) is 4.79 Å². The number of imide groups is 1. The highest BCUT2D eigenvalue weighted by atomic mass is 32.1. The third-order valence-corrected chi connectivity index (χ3v) is 5.70. The van der Waals surface area contributed by atoms with Gasteiger partial charge < -0.3 is 10.1 Å². The minimum atomic E-state index is -0.515. The van der Waals surface area contributed by atoms with Crippen LogP contribution >= 0.6 is 11.3 Å². The number of rotatable bonds is 5. The van der Waals surface area contributed by atoms with Crippen LogP contribution in [-0.4, -0.2) is 42.2 Å². The summed E-state index contributed by atoms with van der Waals surface area (Å²) in [5.41, 5.74) is 0.384. The largest absolute Gasteiger partial charge is 0.465 e. The van der Waals surface area contributed by atoms with Crippen molar-refractivity contribution in [1.29, 1.82) is 0 Å². The van der Waals surface area contributed by atoms with E-state index >= 15 is 0 Å². The highest BCUT2D eigenvalue weighted by Gasteiger charge is 2.47. The van der Waals surface area contributed by atoms with E-state index in [4.69, 9.17) is 0 Å². The van der Waals surface area contributed by atoms with Gasteiger partial charge in [-0.1, -0.05) is 12.8 Å². The van der Waals surface area contributed by atoms with Crippen LogP contribution in [0.2, 0.25) is 0 Å². The lowest BCUT2D eigenvalue weighted by molar-refractivity contribution is -0.140. The van der Waals surface area contributed by atoms with E-state index < -0.39 is 5.97 Å². The molecule has 1 saturated carbocycles. The van der Waals surface area contributed by atoms with Crippen molar-refractivity contribution in [3.05, 3.63) is 16.3 Å². The molecule has 1 aliphatic carbocycles. The summed E-state index contributed by atoms with van der Waals surface area (Å²) in [5.74, 6) is -1.56. The van der Waals surface area contributed by atoms with Crippen LogP contribution < -0.4 is 5.32 Å². The first-order valence-electron chi connectivity index (χ1n) is 8.33. The van der Waals surface area contributed by atoms with Crippen LogP contribution in [0, 0.1) is 11.8 Å². The van der Waals surface area contributed by atoms with E-state index in [0.29, 0.717) is 10.6 Å². The zero-order chi connectivity index (χ0) is 18.0.